The van der Waals surface area contributed by atoms with Crippen molar-refractivity contribution in [2.75, 3.05) is 11.5 Å². The van der Waals surface area contributed by atoms with Crippen LogP contribution >= 0.6 is 23.5 Å². The molecule has 1 amide bonds. The summed E-state index contributed by atoms with van der Waals surface area (Å²) in [5, 5.41) is 7.80. The average molecular weight is 485 g/mol. The SMILES string of the molecule is CC(C)(C)OC(=O)Cc1nnc(SCC2=C(C(=O)OC(C)(C)C)N3C(=O)C(N)[C@H]3SC2)o1. The summed E-state index contributed by atoms with van der Waals surface area (Å²) in [6, 6.07) is -0.627. The fourth-order valence-electron chi connectivity index (χ4n) is 3.02. The molecule has 0 saturated carbocycles. The molecule has 2 atom stereocenters. The second-order valence-electron chi connectivity index (χ2n) is 9.40. The van der Waals surface area contributed by atoms with Crippen molar-refractivity contribution < 1.29 is 28.3 Å². The minimum atomic E-state index is -0.707. The van der Waals surface area contributed by atoms with Crippen molar-refractivity contribution in [2.24, 2.45) is 5.73 Å². The molecular formula is C20H28N4O6S2. The minimum absolute atomic E-state index is 0.131. The second-order valence-corrected chi connectivity index (χ2v) is 11.4. The van der Waals surface area contributed by atoms with Crippen molar-refractivity contribution in [1.82, 2.24) is 15.1 Å². The summed E-state index contributed by atoms with van der Waals surface area (Å²) in [5.74, 6) is -0.331. The highest BCUT2D eigenvalue weighted by Crippen LogP contribution is 2.41. The van der Waals surface area contributed by atoms with Gasteiger partial charge in [-0.1, -0.05) is 11.8 Å². The maximum absolute atomic E-state index is 12.9. The summed E-state index contributed by atoms with van der Waals surface area (Å²) < 4.78 is 16.3. The summed E-state index contributed by atoms with van der Waals surface area (Å²) in [6.07, 6.45) is -0.131. The van der Waals surface area contributed by atoms with Crippen LogP contribution in [0.3, 0.4) is 0 Å². The quantitative estimate of drug-likeness (QED) is 0.360. The molecule has 0 spiro atoms. The zero-order chi connectivity index (χ0) is 23.8. The van der Waals surface area contributed by atoms with Crippen molar-refractivity contribution in [3.63, 3.8) is 0 Å². The maximum atomic E-state index is 12.9. The predicted octanol–water partition coefficient (Wildman–Crippen LogP) is 1.88. The Hall–Kier alpha value is -2.05. The van der Waals surface area contributed by atoms with E-state index >= 15 is 0 Å². The molecule has 0 aliphatic carbocycles. The van der Waals surface area contributed by atoms with Crippen LogP contribution in [0.5, 0.6) is 0 Å². The number of carbonyl (C=O) groups is 3. The largest absolute Gasteiger partial charge is 0.460 e. The Kier molecular flexibility index (Phi) is 6.97. The number of nitrogens with two attached hydrogens (primary N) is 1. The third-order valence-electron chi connectivity index (χ3n) is 4.21. The van der Waals surface area contributed by atoms with Gasteiger partial charge in [-0.15, -0.1) is 22.0 Å². The number of amides is 1. The molecule has 1 aromatic rings. The fraction of sp³-hybridized carbons (Fsp3) is 0.650. The van der Waals surface area contributed by atoms with E-state index in [0.29, 0.717) is 11.5 Å². The van der Waals surface area contributed by atoms with Crippen LogP contribution in [0, 0.1) is 0 Å². The van der Waals surface area contributed by atoms with Gasteiger partial charge in [0.1, 0.15) is 34.7 Å². The van der Waals surface area contributed by atoms with Crippen LogP contribution in [0.4, 0.5) is 0 Å². The first kappa shape index (κ1) is 24.6. The Morgan fingerprint density at radius 2 is 1.84 bits per heavy atom. The first-order valence-corrected chi connectivity index (χ1v) is 12.1. The van der Waals surface area contributed by atoms with Gasteiger partial charge >= 0.3 is 11.9 Å². The highest BCUT2D eigenvalue weighted by Gasteiger charge is 2.52. The monoisotopic (exact) mass is 484 g/mol. The number of rotatable bonds is 6. The summed E-state index contributed by atoms with van der Waals surface area (Å²) in [4.78, 5) is 38.6. The van der Waals surface area contributed by atoms with Gasteiger partial charge in [-0.05, 0) is 47.1 Å². The lowest BCUT2D eigenvalue weighted by Crippen LogP contribution is -2.68. The summed E-state index contributed by atoms with van der Waals surface area (Å²) in [5.41, 5.74) is 5.54. The van der Waals surface area contributed by atoms with Crippen molar-refractivity contribution in [3.8, 4) is 0 Å². The number of thioether (sulfide) groups is 2. The number of esters is 2. The summed E-state index contributed by atoms with van der Waals surface area (Å²) in [7, 11) is 0. The molecule has 1 saturated heterocycles. The number of hydrogen-bond donors (Lipinski definition) is 1. The first-order chi connectivity index (χ1) is 14.7. The van der Waals surface area contributed by atoms with Crippen LogP contribution < -0.4 is 5.73 Å². The number of ether oxygens (including phenoxy) is 2. The standard InChI is InChI=1S/C20H28N4O6S2/c1-19(2,3)29-12(25)7-11-22-23-18(28-11)32-9-10-8-31-16-13(21)15(26)24(16)14(10)17(27)30-20(4,5)6/h13,16H,7-9,21H2,1-6H3/t13?,16-/m1/s1. The number of carbonyl (C=O) groups excluding carboxylic acids is 3. The number of hydrogen-bond acceptors (Lipinski definition) is 11. The number of nitrogens with zero attached hydrogens (tertiary/aromatic N) is 3. The van der Waals surface area contributed by atoms with Gasteiger partial charge < -0.3 is 19.6 Å². The van der Waals surface area contributed by atoms with E-state index in [1.807, 2.05) is 0 Å². The zero-order valence-electron chi connectivity index (χ0n) is 19.0. The molecule has 0 bridgehead atoms. The average Bonchev–Trinajstić information content (AvgIpc) is 3.09. The molecule has 32 heavy (non-hydrogen) atoms. The third kappa shape index (κ3) is 5.84. The van der Waals surface area contributed by atoms with E-state index in [0.717, 1.165) is 5.57 Å². The smallest absolute Gasteiger partial charge is 0.355 e. The van der Waals surface area contributed by atoms with Crippen LogP contribution in [-0.4, -0.2) is 67.1 Å². The normalized spacial score (nSPS) is 21.2. The van der Waals surface area contributed by atoms with Crippen molar-refractivity contribution in [3.05, 3.63) is 17.2 Å². The molecule has 12 heteroatoms. The topological polar surface area (TPSA) is 138 Å². The molecule has 2 aliphatic heterocycles. The minimum Gasteiger partial charge on any atom is -0.460 e. The van der Waals surface area contributed by atoms with Gasteiger partial charge in [-0.3, -0.25) is 14.5 Å². The molecule has 2 aliphatic rings. The Bertz CT molecular complexity index is 947. The number of fused-ring (bicyclic) bond motifs is 1. The molecule has 1 unspecified atom stereocenters. The Labute approximate surface area is 195 Å². The van der Waals surface area contributed by atoms with Crippen molar-refractivity contribution >= 4 is 41.4 Å². The molecule has 1 fully saturated rings. The van der Waals surface area contributed by atoms with Crippen LogP contribution in [-0.2, 0) is 30.3 Å². The number of aromatic nitrogens is 2. The molecule has 2 N–H and O–H groups in total. The molecule has 3 heterocycles. The van der Waals surface area contributed by atoms with E-state index in [9.17, 15) is 14.4 Å². The van der Waals surface area contributed by atoms with E-state index in [1.54, 1.807) is 41.5 Å². The molecule has 3 rings (SSSR count). The Balaban J connectivity index is 1.72. The van der Waals surface area contributed by atoms with Crippen LogP contribution in [0.2, 0.25) is 0 Å². The Morgan fingerprint density at radius 1 is 1.19 bits per heavy atom. The number of β-lactam (4-membered cyclic amide) rings is 1. The molecule has 1 aromatic heterocycles. The van der Waals surface area contributed by atoms with E-state index < -0.39 is 29.2 Å². The molecule has 0 aromatic carbocycles. The van der Waals surface area contributed by atoms with Gasteiger partial charge in [0.15, 0.2) is 0 Å². The fourth-order valence-corrected chi connectivity index (χ4v) is 5.24. The van der Waals surface area contributed by atoms with Gasteiger partial charge in [0.25, 0.3) is 5.22 Å². The maximum Gasteiger partial charge on any atom is 0.355 e. The first-order valence-electron chi connectivity index (χ1n) is 10.1. The van der Waals surface area contributed by atoms with Crippen LogP contribution in [0.15, 0.2) is 20.9 Å². The van der Waals surface area contributed by atoms with Gasteiger partial charge in [0.05, 0.1) is 0 Å². The predicted molar refractivity (Wildman–Crippen MR) is 119 cm³/mol. The lowest BCUT2D eigenvalue weighted by atomic mass is 10.0. The van der Waals surface area contributed by atoms with Gasteiger partial charge in [0, 0.05) is 11.5 Å². The van der Waals surface area contributed by atoms with E-state index in [-0.39, 0.29) is 34.5 Å². The van der Waals surface area contributed by atoms with Gasteiger partial charge in [0.2, 0.25) is 11.8 Å². The molecule has 0 radical (unpaired) electrons. The molecule has 10 nitrogen and oxygen atoms in total. The van der Waals surface area contributed by atoms with Gasteiger partial charge in [-0.2, -0.15) is 0 Å². The van der Waals surface area contributed by atoms with Crippen LogP contribution in [0.1, 0.15) is 47.4 Å². The van der Waals surface area contributed by atoms with E-state index in [1.165, 1.54) is 28.4 Å². The summed E-state index contributed by atoms with van der Waals surface area (Å²) >= 11 is 2.72. The lowest BCUT2D eigenvalue weighted by Gasteiger charge is -2.48. The Morgan fingerprint density at radius 3 is 2.47 bits per heavy atom. The highest BCUT2D eigenvalue weighted by molar-refractivity contribution is 8.01. The lowest BCUT2D eigenvalue weighted by molar-refractivity contribution is -0.158. The molecular weight excluding hydrogens is 456 g/mol. The van der Waals surface area contributed by atoms with E-state index in [2.05, 4.69) is 10.2 Å². The highest BCUT2D eigenvalue weighted by atomic mass is 32.2. The van der Waals surface area contributed by atoms with E-state index in [4.69, 9.17) is 19.6 Å². The molecule has 176 valence electrons. The van der Waals surface area contributed by atoms with Crippen molar-refractivity contribution in [2.45, 2.75) is 75.8 Å². The van der Waals surface area contributed by atoms with Gasteiger partial charge in [-0.25, -0.2) is 4.79 Å². The van der Waals surface area contributed by atoms with Crippen molar-refractivity contribution in [1.29, 1.82) is 0 Å². The zero-order valence-corrected chi connectivity index (χ0v) is 20.6. The third-order valence-corrected chi connectivity index (χ3v) is 6.48. The van der Waals surface area contributed by atoms with Crippen LogP contribution in [0.25, 0.3) is 0 Å². The summed E-state index contributed by atoms with van der Waals surface area (Å²) in [6.45, 7) is 10.6. The second kappa shape index (κ2) is 9.06.